The topological polar surface area (TPSA) is 43.8 Å². The summed E-state index contributed by atoms with van der Waals surface area (Å²) in [7, 11) is 0. The van der Waals surface area contributed by atoms with Crippen molar-refractivity contribution in [2.45, 2.75) is 46.6 Å². The first kappa shape index (κ1) is 10.7. The Kier molecular flexibility index (Phi) is 2.59. The van der Waals surface area contributed by atoms with E-state index in [1.54, 1.807) is 0 Å². The highest BCUT2D eigenvalue weighted by atomic mass is 15.3. The summed E-state index contributed by atoms with van der Waals surface area (Å²) >= 11 is 0. The maximum Gasteiger partial charge on any atom is 0.0628 e. The second-order valence-corrected chi connectivity index (χ2v) is 5.36. The quantitative estimate of drug-likeness (QED) is 0.801. The number of aryl methyl sites for hydroxylation is 1. The van der Waals surface area contributed by atoms with E-state index < -0.39 is 0 Å². The summed E-state index contributed by atoms with van der Waals surface area (Å²) in [5.41, 5.74) is 10.1. The molecule has 0 radical (unpaired) electrons. The third-order valence-corrected chi connectivity index (χ3v) is 3.41. The predicted octanol–water partition coefficient (Wildman–Crippen LogP) is 1.67. The normalized spacial score (nSPS) is 18.9. The molecule has 1 aliphatic rings. The minimum Gasteiger partial charge on any atom is -0.329 e. The van der Waals surface area contributed by atoms with Crippen LogP contribution >= 0.6 is 0 Å². The monoisotopic (exact) mass is 207 g/mol. The van der Waals surface area contributed by atoms with E-state index in [2.05, 4.69) is 30.6 Å². The van der Waals surface area contributed by atoms with E-state index in [9.17, 15) is 0 Å². The van der Waals surface area contributed by atoms with Gasteiger partial charge in [0, 0.05) is 12.2 Å². The van der Waals surface area contributed by atoms with Crippen molar-refractivity contribution >= 4 is 0 Å². The molecule has 0 saturated heterocycles. The Morgan fingerprint density at radius 2 is 2.20 bits per heavy atom. The van der Waals surface area contributed by atoms with Crippen molar-refractivity contribution in [3.63, 3.8) is 0 Å². The second kappa shape index (κ2) is 3.63. The molecule has 1 aromatic rings. The highest BCUT2D eigenvalue weighted by molar-refractivity contribution is 5.29. The lowest BCUT2D eigenvalue weighted by molar-refractivity contribution is 0.304. The van der Waals surface area contributed by atoms with Crippen LogP contribution in [-0.2, 0) is 19.4 Å². The molecule has 1 aromatic heterocycles. The molecule has 15 heavy (non-hydrogen) atoms. The summed E-state index contributed by atoms with van der Waals surface area (Å²) in [6, 6.07) is 0. The lowest BCUT2D eigenvalue weighted by atomic mass is 9.76. The van der Waals surface area contributed by atoms with Crippen molar-refractivity contribution in [2.75, 3.05) is 6.54 Å². The van der Waals surface area contributed by atoms with E-state index in [4.69, 9.17) is 5.73 Å². The van der Waals surface area contributed by atoms with Crippen molar-refractivity contribution in [2.24, 2.45) is 11.1 Å². The van der Waals surface area contributed by atoms with Gasteiger partial charge in [0.2, 0.25) is 0 Å². The van der Waals surface area contributed by atoms with E-state index in [0.29, 0.717) is 12.0 Å². The maximum absolute atomic E-state index is 5.61. The van der Waals surface area contributed by atoms with Crippen molar-refractivity contribution in [3.8, 4) is 0 Å². The summed E-state index contributed by atoms with van der Waals surface area (Å²) in [6.07, 6.45) is 3.59. The van der Waals surface area contributed by atoms with Crippen LogP contribution in [0.2, 0.25) is 0 Å². The number of hydrogen-bond acceptors (Lipinski definition) is 2. The van der Waals surface area contributed by atoms with Gasteiger partial charge >= 0.3 is 0 Å². The Labute approximate surface area is 91.7 Å². The highest BCUT2D eigenvalue weighted by Crippen LogP contribution is 2.35. The Bertz CT molecular complexity index is 363. The Balaban J connectivity index is 2.37. The molecule has 0 aliphatic heterocycles. The van der Waals surface area contributed by atoms with Gasteiger partial charge in [0.25, 0.3) is 0 Å². The Morgan fingerprint density at radius 1 is 1.47 bits per heavy atom. The molecule has 0 amide bonds. The Hall–Kier alpha value is -0.830. The van der Waals surface area contributed by atoms with E-state index in [1.807, 2.05) is 0 Å². The van der Waals surface area contributed by atoms with E-state index in [1.165, 1.54) is 29.8 Å². The largest absolute Gasteiger partial charge is 0.329 e. The smallest absolute Gasteiger partial charge is 0.0628 e. The summed E-state index contributed by atoms with van der Waals surface area (Å²) in [5.74, 6) is 0. The molecule has 0 saturated carbocycles. The maximum atomic E-state index is 5.61. The molecule has 2 rings (SSSR count). The van der Waals surface area contributed by atoms with Crippen LogP contribution in [0, 0.1) is 12.3 Å². The zero-order valence-electron chi connectivity index (χ0n) is 10.0. The summed E-state index contributed by atoms with van der Waals surface area (Å²) < 4.78 is 2.12. The summed E-state index contributed by atoms with van der Waals surface area (Å²) in [4.78, 5) is 0. The molecular formula is C12H21N3. The lowest BCUT2D eigenvalue weighted by Crippen LogP contribution is -2.25. The van der Waals surface area contributed by atoms with Crippen LogP contribution in [0.4, 0.5) is 0 Å². The van der Waals surface area contributed by atoms with Crippen LogP contribution in [0.5, 0.6) is 0 Å². The van der Waals surface area contributed by atoms with Gasteiger partial charge in [-0.25, -0.2) is 0 Å². The minimum absolute atomic E-state index is 0.422. The van der Waals surface area contributed by atoms with Crippen molar-refractivity contribution in [3.05, 3.63) is 17.0 Å². The van der Waals surface area contributed by atoms with Crippen molar-refractivity contribution < 1.29 is 0 Å². The molecule has 2 N–H and O–H groups in total. The molecule has 0 aromatic carbocycles. The van der Waals surface area contributed by atoms with Gasteiger partial charge in [0.1, 0.15) is 0 Å². The fraction of sp³-hybridized carbons (Fsp3) is 0.750. The summed E-state index contributed by atoms with van der Waals surface area (Å²) in [6.45, 7) is 8.32. The average molecular weight is 207 g/mol. The minimum atomic E-state index is 0.422. The third kappa shape index (κ3) is 1.93. The molecule has 0 atom stereocenters. The van der Waals surface area contributed by atoms with Crippen LogP contribution in [0.15, 0.2) is 0 Å². The molecular weight excluding hydrogens is 186 g/mol. The van der Waals surface area contributed by atoms with E-state index >= 15 is 0 Å². The van der Waals surface area contributed by atoms with E-state index in [0.717, 1.165) is 13.0 Å². The third-order valence-electron chi connectivity index (χ3n) is 3.41. The second-order valence-electron chi connectivity index (χ2n) is 5.36. The van der Waals surface area contributed by atoms with Gasteiger partial charge in [0.05, 0.1) is 12.2 Å². The fourth-order valence-electron chi connectivity index (χ4n) is 2.50. The first-order chi connectivity index (χ1) is 7.03. The SMILES string of the molecule is Cc1nn(CCN)c2c1CCC(C)(C)C2. The fourth-order valence-corrected chi connectivity index (χ4v) is 2.50. The number of nitrogens with two attached hydrogens (primary N) is 1. The molecule has 0 bridgehead atoms. The Morgan fingerprint density at radius 3 is 2.87 bits per heavy atom. The van der Waals surface area contributed by atoms with Crippen molar-refractivity contribution in [1.82, 2.24) is 9.78 Å². The molecule has 0 spiro atoms. The number of hydrogen-bond donors (Lipinski definition) is 1. The van der Waals surface area contributed by atoms with Gasteiger partial charge in [-0.05, 0) is 37.2 Å². The number of rotatable bonds is 2. The van der Waals surface area contributed by atoms with Gasteiger partial charge in [-0.2, -0.15) is 5.10 Å². The number of aromatic nitrogens is 2. The van der Waals surface area contributed by atoms with Crippen molar-refractivity contribution in [1.29, 1.82) is 0 Å². The standard InChI is InChI=1S/C12H21N3/c1-9-10-4-5-12(2,3)8-11(10)15(14-9)7-6-13/h4-8,13H2,1-3H3. The van der Waals surface area contributed by atoms with Gasteiger partial charge in [0.15, 0.2) is 0 Å². The van der Waals surface area contributed by atoms with Gasteiger partial charge in [-0.15, -0.1) is 0 Å². The molecule has 0 unspecified atom stereocenters. The molecule has 1 heterocycles. The van der Waals surface area contributed by atoms with Crippen LogP contribution < -0.4 is 5.73 Å². The molecule has 0 fully saturated rings. The molecule has 3 heteroatoms. The first-order valence-electron chi connectivity index (χ1n) is 5.79. The van der Waals surface area contributed by atoms with Crippen LogP contribution in [0.1, 0.15) is 37.2 Å². The molecule has 3 nitrogen and oxygen atoms in total. The van der Waals surface area contributed by atoms with Crippen LogP contribution in [-0.4, -0.2) is 16.3 Å². The molecule has 1 aliphatic carbocycles. The lowest BCUT2D eigenvalue weighted by Gasteiger charge is -2.30. The molecule has 84 valence electrons. The van der Waals surface area contributed by atoms with Crippen LogP contribution in [0.3, 0.4) is 0 Å². The number of fused-ring (bicyclic) bond motifs is 1. The summed E-state index contributed by atoms with van der Waals surface area (Å²) in [5, 5.41) is 4.58. The zero-order valence-corrected chi connectivity index (χ0v) is 10.0. The zero-order chi connectivity index (χ0) is 11.1. The van der Waals surface area contributed by atoms with Gasteiger partial charge < -0.3 is 5.73 Å². The average Bonchev–Trinajstić information content (AvgIpc) is 2.42. The van der Waals surface area contributed by atoms with Gasteiger partial charge in [-0.1, -0.05) is 13.8 Å². The van der Waals surface area contributed by atoms with Crippen LogP contribution in [0.25, 0.3) is 0 Å². The highest BCUT2D eigenvalue weighted by Gasteiger charge is 2.29. The van der Waals surface area contributed by atoms with E-state index in [-0.39, 0.29) is 0 Å². The predicted molar refractivity (Wildman–Crippen MR) is 61.8 cm³/mol. The number of nitrogens with zero attached hydrogens (tertiary/aromatic N) is 2. The van der Waals surface area contributed by atoms with Gasteiger partial charge in [-0.3, -0.25) is 4.68 Å². The first-order valence-corrected chi connectivity index (χ1v) is 5.79.